The molecular formula is C23H27NO4. The van der Waals surface area contributed by atoms with Crippen LogP contribution in [-0.2, 0) is 9.53 Å². The molecule has 1 fully saturated rings. The number of esters is 1. The van der Waals surface area contributed by atoms with Crippen LogP contribution in [0, 0.1) is 0 Å². The number of rotatable bonds is 7. The Morgan fingerprint density at radius 2 is 2.00 bits per heavy atom. The second-order valence-corrected chi connectivity index (χ2v) is 7.49. The molecule has 2 aliphatic rings. The van der Waals surface area contributed by atoms with Crippen LogP contribution in [0.2, 0.25) is 0 Å². The van der Waals surface area contributed by atoms with Gasteiger partial charge < -0.3 is 9.84 Å². The second kappa shape index (κ2) is 8.13. The lowest BCUT2D eigenvalue weighted by Gasteiger charge is -2.27. The number of nitrogens with zero attached hydrogens (tertiary/aromatic N) is 1. The van der Waals surface area contributed by atoms with Crippen LogP contribution in [0.3, 0.4) is 0 Å². The third-order valence-corrected chi connectivity index (χ3v) is 5.36. The molecule has 0 amide bonds. The van der Waals surface area contributed by atoms with Crippen LogP contribution in [-0.4, -0.2) is 27.4 Å². The minimum absolute atomic E-state index is 0.00968. The topological polar surface area (TPSA) is 76.5 Å². The van der Waals surface area contributed by atoms with Gasteiger partial charge in [-0.1, -0.05) is 38.7 Å². The lowest BCUT2D eigenvalue weighted by atomic mass is 9.78. The number of aromatic nitrogens is 1. The zero-order chi connectivity index (χ0) is 20.3. The molecule has 1 aromatic heterocycles. The quantitative estimate of drug-likeness (QED) is 0.305. The van der Waals surface area contributed by atoms with Crippen LogP contribution >= 0.6 is 0 Å². The van der Waals surface area contributed by atoms with E-state index in [1.54, 1.807) is 13.0 Å². The van der Waals surface area contributed by atoms with E-state index in [1.807, 2.05) is 25.1 Å². The number of aliphatic hydroxyl groups is 1. The summed E-state index contributed by atoms with van der Waals surface area (Å²) in [5.74, 6) is -0.934. The van der Waals surface area contributed by atoms with Crippen LogP contribution in [0.25, 0.3) is 12.2 Å². The molecule has 1 saturated heterocycles. The van der Waals surface area contributed by atoms with Crippen molar-refractivity contribution < 1.29 is 19.4 Å². The highest BCUT2D eigenvalue weighted by Crippen LogP contribution is 2.45. The van der Waals surface area contributed by atoms with E-state index >= 15 is 0 Å². The summed E-state index contributed by atoms with van der Waals surface area (Å²) in [4.78, 5) is 29.9. The van der Waals surface area contributed by atoms with Crippen LogP contribution in [0.1, 0.15) is 80.9 Å². The predicted octanol–water partition coefficient (Wildman–Crippen LogP) is 5.18. The van der Waals surface area contributed by atoms with Crippen molar-refractivity contribution in [1.82, 2.24) is 4.98 Å². The summed E-state index contributed by atoms with van der Waals surface area (Å²) in [6, 6.07) is 1.81. The highest BCUT2D eigenvalue weighted by Gasteiger charge is 2.54. The normalized spacial score (nSPS) is 22.8. The molecule has 1 aromatic rings. The molecule has 0 radical (unpaired) electrons. The van der Waals surface area contributed by atoms with Crippen molar-refractivity contribution in [2.75, 3.05) is 0 Å². The maximum atomic E-state index is 13.1. The summed E-state index contributed by atoms with van der Waals surface area (Å²) in [6.45, 7) is 5.63. The van der Waals surface area contributed by atoms with Crippen molar-refractivity contribution in [2.45, 2.75) is 64.9 Å². The van der Waals surface area contributed by atoms with Gasteiger partial charge in [-0.2, -0.15) is 0 Å². The molecule has 1 N–H and O–H groups in total. The largest absolute Gasteiger partial charge is 0.511 e. The highest BCUT2D eigenvalue weighted by molar-refractivity contribution is 6.17. The average molecular weight is 381 g/mol. The highest BCUT2D eigenvalue weighted by atomic mass is 16.6. The van der Waals surface area contributed by atoms with Crippen molar-refractivity contribution in [1.29, 1.82) is 0 Å². The summed E-state index contributed by atoms with van der Waals surface area (Å²) in [7, 11) is 0. The predicted molar refractivity (Wildman–Crippen MR) is 109 cm³/mol. The number of ketones is 1. The molecule has 28 heavy (non-hydrogen) atoms. The Kier molecular flexibility index (Phi) is 5.82. The van der Waals surface area contributed by atoms with E-state index in [-0.39, 0.29) is 17.1 Å². The van der Waals surface area contributed by atoms with Crippen LogP contribution in [0.15, 0.2) is 35.2 Å². The molecule has 2 heterocycles. The number of carbonyl (C=O) groups excluding carboxylic acids is 2. The molecule has 0 aromatic carbocycles. The number of carbonyl (C=O) groups is 2. The van der Waals surface area contributed by atoms with Gasteiger partial charge in [-0.05, 0) is 44.1 Å². The standard InChI is InChI=1S/C23H27NO4/c1-4-6-7-8-9-11-19(25)20-18-13-15-12-16(10-5-2)24-14-17(15)21(26)23(18,3)28-22(20)27/h5,10,12-14,25H,4,6-9,11H2,1-3H3/b10-5+,20-19?/t23-/m1/s1. The van der Waals surface area contributed by atoms with Gasteiger partial charge in [-0.3, -0.25) is 9.78 Å². The third-order valence-electron chi connectivity index (χ3n) is 5.36. The fraction of sp³-hybridized carbons (Fsp3) is 0.435. The van der Waals surface area contributed by atoms with Crippen LogP contribution < -0.4 is 0 Å². The number of unbranched alkanes of at least 4 members (excludes halogenated alkanes) is 4. The van der Waals surface area contributed by atoms with Gasteiger partial charge in [0.15, 0.2) is 5.60 Å². The minimum atomic E-state index is -1.40. The van der Waals surface area contributed by atoms with Crippen molar-refractivity contribution in [3.05, 3.63) is 52.1 Å². The zero-order valence-electron chi connectivity index (χ0n) is 16.7. The van der Waals surface area contributed by atoms with Crippen molar-refractivity contribution in [3.63, 3.8) is 0 Å². The first-order chi connectivity index (χ1) is 13.4. The minimum Gasteiger partial charge on any atom is -0.511 e. The number of allylic oxidation sites excluding steroid dienone is 2. The monoisotopic (exact) mass is 381 g/mol. The van der Waals surface area contributed by atoms with Crippen LogP contribution in [0.4, 0.5) is 0 Å². The molecule has 5 heteroatoms. The van der Waals surface area contributed by atoms with E-state index in [2.05, 4.69) is 11.9 Å². The fourth-order valence-electron chi connectivity index (χ4n) is 3.78. The molecule has 148 valence electrons. The average Bonchev–Trinajstić information content (AvgIpc) is 2.92. The van der Waals surface area contributed by atoms with Gasteiger partial charge in [-0.15, -0.1) is 0 Å². The summed E-state index contributed by atoms with van der Waals surface area (Å²) in [5.41, 5.74) is 1.02. The van der Waals surface area contributed by atoms with Gasteiger partial charge >= 0.3 is 5.97 Å². The van der Waals surface area contributed by atoms with Gasteiger partial charge in [0.05, 0.1) is 5.69 Å². The third kappa shape index (κ3) is 3.53. The van der Waals surface area contributed by atoms with E-state index in [4.69, 9.17) is 4.74 Å². The Hall–Kier alpha value is -2.69. The van der Waals surface area contributed by atoms with E-state index in [0.717, 1.165) is 37.8 Å². The van der Waals surface area contributed by atoms with E-state index in [0.29, 0.717) is 23.1 Å². The van der Waals surface area contributed by atoms with Gasteiger partial charge in [0.1, 0.15) is 11.3 Å². The first-order valence-corrected chi connectivity index (χ1v) is 9.98. The van der Waals surface area contributed by atoms with E-state index < -0.39 is 11.6 Å². The number of ether oxygens (including phenoxy) is 1. The smallest absolute Gasteiger partial charge is 0.343 e. The first kappa shape index (κ1) is 20.1. The van der Waals surface area contributed by atoms with Crippen molar-refractivity contribution >= 4 is 23.9 Å². The van der Waals surface area contributed by atoms with Gasteiger partial charge in [0.2, 0.25) is 5.78 Å². The van der Waals surface area contributed by atoms with Gasteiger partial charge in [0, 0.05) is 23.8 Å². The number of Topliss-reactive ketones (excluding diaryl/α,β-unsaturated/α-hetero) is 1. The first-order valence-electron chi connectivity index (χ1n) is 9.98. The number of hydrogen-bond acceptors (Lipinski definition) is 5. The molecule has 1 aliphatic carbocycles. The van der Waals surface area contributed by atoms with Crippen LogP contribution in [0.5, 0.6) is 0 Å². The Labute approximate surface area is 165 Å². The maximum Gasteiger partial charge on any atom is 0.343 e. The Bertz CT molecular complexity index is 894. The Morgan fingerprint density at radius 1 is 1.25 bits per heavy atom. The molecule has 0 saturated carbocycles. The van der Waals surface area contributed by atoms with E-state index in [9.17, 15) is 14.7 Å². The lowest BCUT2D eigenvalue weighted by Crippen LogP contribution is -2.39. The zero-order valence-corrected chi connectivity index (χ0v) is 16.7. The molecule has 1 atom stereocenters. The molecule has 0 unspecified atom stereocenters. The molecule has 3 rings (SSSR count). The lowest BCUT2D eigenvalue weighted by molar-refractivity contribution is -0.141. The van der Waals surface area contributed by atoms with Gasteiger partial charge in [-0.25, -0.2) is 4.79 Å². The molecule has 1 aliphatic heterocycles. The maximum absolute atomic E-state index is 13.1. The summed E-state index contributed by atoms with van der Waals surface area (Å²) in [5, 5.41) is 10.6. The fourth-order valence-corrected chi connectivity index (χ4v) is 3.78. The Morgan fingerprint density at radius 3 is 2.71 bits per heavy atom. The second-order valence-electron chi connectivity index (χ2n) is 7.49. The molecule has 0 spiro atoms. The number of pyridine rings is 1. The van der Waals surface area contributed by atoms with Crippen molar-refractivity contribution in [2.24, 2.45) is 0 Å². The summed E-state index contributed by atoms with van der Waals surface area (Å²) >= 11 is 0. The SMILES string of the molecule is C/C=C/c1cc2c(cn1)C(=O)[C@]1(C)OC(=O)C(=C(O)CCCCCCC)C1=C2. The number of hydrogen-bond donors (Lipinski definition) is 1. The number of aliphatic hydroxyl groups excluding tert-OH is 1. The van der Waals surface area contributed by atoms with E-state index in [1.165, 1.54) is 6.20 Å². The van der Waals surface area contributed by atoms with Crippen molar-refractivity contribution in [3.8, 4) is 0 Å². The molecule has 5 nitrogen and oxygen atoms in total. The summed E-state index contributed by atoms with van der Waals surface area (Å²) in [6.07, 6.45) is 12.6. The number of fused-ring (bicyclic) bond motifs is 2. The Balaban J connectivity index is 1.97. The molecule has 0 bridgehead atoms. The summed E-state index contributed by atoms with van der Waals surface area (Å²) < 4.78 is 5.46. The molecular weight excluding hydrogens is 354 g/mol. The van der Waals surface area contributed by atoms with Gasteiger partial charge in [0.25, 0.3) is 0 Å².